The number of hydrogen-bond acceptors (Lipinski definition) is 6. The molecule has 0 saturated carbocycles. The van der Waals surface area contributed by atoms with Crippen LogP contribution >= 0.6 is 11.8 Å². The fourth-order valence-corrected chi connectivity index (χ4v) is 4.17. The Hall–Kier alpha value is -1.38. The zero-order chi connectivity index (χ0) is 18.7. The van der Waals surface area contributed by atoms with E-state index in [0.717, 1.165) is 0 Å². The SMILES string of the molecule is C[C@@H](Sc1ncccn1)[C@H](O[Si](C)(C)C(C)(C)C)c1ncc(F)cn1. The third-order valence-electron chi connectivity index (χ3n) is 4.38. The van der Waals surface area contributed by atoms with Crippen LogP contribution in [0.25, 0.3) is 0 Å². The van der Waals surface area contributed by atoms with Gasteiger partial charge in [-0.25, -0.2) is 24.3 Å². The first-order valence-electron chi connectivity index (χ1n) is 8.19. The second-order valence-electron chi connectivity index (χ2n) is 7.41. The second kappa shape index (κ2) is 7.88. The molecule has 2 aromatic heterocycles. The van der Waals surface area contributed by atoms with Gasteiger partial charge in [0.25, 0.3) is 0 Å². The van der Waals surface area contributed by atoms with E-state index in [2.05, 4.69) is 53.8 Å². The largest absolute Gasteiger partial charge is 0.406 e. The summed E-state index contributed by atoms with van der Waals surface area (Å²) in [6.07, 6.45) is 5.41. The van der Waals surface area contributed by atoms with Crippen LogP contribution < -0.4 is 0 Å². The normalized spacial score (nSPS) is 15.0. The summed E-state index contributed by atoms with van der Waals surface area (Å²) in [7, 11) is -2.07. The van der Waals surface area contributed by atoms with Crippen LogP contribution in [0.3, 0.4) is 0 Å². The molecule has 0 saturated heterocycles. The number of thioether (sulfide) groups is 1. The average Bonchev–Trinajstić information content (AvgIpc) is 2.53. The Bertz CT molecular complexity index is 679. The molecule has 2 aromatic rings. The maximum absolute atomic E-state index is 13.2. The van der Waals surface area contributed by atoms with E-state index in [9.17, 15) is 4.39 Å². The highest BCUT2D eigenvalue weighted by Crippen LogP contribution is 2.42. The Morgan fingerprint density at radius 3 is 2.16 bits per heavy atom. The molecule has 2 atom stereocenters. The predicted octanol–water partition coefficient (Wildman–Crippen LogP) is 4.65. The Balaban J connectivity index is 2.30. The summed E-state index contributed by atoms with van der Waals surface area (Å²) in [4.78, 5) is 16.9. The molecule has 0 bridgehead atoms. The maximum atomic E-state index is 13.2. The average molecular weight is 381 g/mol. The predicted molar refractivity (Wildman–Crippen MR) is 100 cm³/mol. The van der Waals surface area contributed by atoms with E-state index in [1.807, 2.05) is 6.92 Å². The first-order chi connectivity index (χ1) is 11.6. The van der Waals surface area contributed by atoms with Crippen molar-refractivity contribution in [3.05, 3.63) is 42.5 Å². The fraction of sp³-hybridized carbons (Fsp3) is 0.529. The van der Waals surface area contributed by atoms with Gasteiger partial charge in [-0.05, 0) is 31.1 Å². The summed E-state index contributed by atoms with van der Waals surface area (Å²) >= 11 is 1.50. The van der Waals surface area contributed by atoms with Crippen molar-refractivity contribution in [1.29, 1.82) is 0 Å². The number of hydrogen-bond donors (Lipinski definition) is 0. The highest BCUT2D eigenvalue weighted by atomic mass is 32.2. The van der Waals surface area contributed by atoms with Crippen LogP contribution in [0.5, 0.6) is 0 Å². The highest BCUT2D eigenvalue weighted by Gasteiger charge is 2.41. The number of rotatable bonds is 6. The minimum absolute atomic E-state index is 0.0259. The Morgan fingerprint density at radius 2 is 1.64 bits per heavy atom. The molecule has 0 aliphatic carbocycles. The molecule has 0 fully saturated rings. The molecule has 0 radical (unpaired) electrons. The van der Waals surface area contributed by atoms with Crippen molar-refractivity contribution >= 4 is 20.1 Å². The lowest BCUT2D eigenvalue weighted by Crippen LogP contribution is -2.43. The van der Waals surface area contributed by atoms with Gasteiger partial charge in [-0.2, -0.15) is 0 Å². The van der Waals surface area contributed by atoms with Gasteiger partial charge in [0.2, 0.25) is 0 Å². The summed E-state index contributed by atoms with van der Waals surface area (Å²) in [5.74, 6) is 0.0312. The first kappa shape index (κ1) is 19.9. The molecule has 0 amide bonds. The van der Waals surface area contributed by atoms with Crippen LogP contribution in [-0.2, 0) is 4.43 Å². The van der Waals surface area contributed by atoms with E-state index in [0.29, 0.717) is 11.0 Å². The van der Waals surface area contributed by atoms with Gasteiger partial charge in [-0.1, -0.05) is 32.5 Å². The molecule has 2 rings (SSSR count). The van der Waals surface area contributed by atoms with Gasteiger partial charge < -0.3 is 4.43 Å². The molecule has 136 valence electrons. The number of halogens is 1. The second-order valence-corrected chi connectivity index (χ2v) is 13.5. The van der Waals surface area contributed by atoms with E-state index >= 15 is 0 Å². The van der Waals surface area contributed by atoms with Crippen LogP contribution in [0, 0.1) is 5.82 Å². The van der Waals surface area contributed by atoms with Gasteiger partial charge in [0.05, 0.1) is 12.4 Å². The topological polar surface area (TPSA) is 60.8 Å². The molecule has 25 heavy (non-hydrogen) atoms. The molecule has 0 unspecified atom stereocenters. The monoisotopic (exact) mass is 380 g/mol. The lowest BCUT2D eigenvalue weighted by Gasteiger charge is -2.40. The maximum Gasteiger partial charge on any atom is 0.193 e. The molecule has 0 spiro atoms. The molecule has 8 heteroatoms. The quantitative estimate of drug-likeness (QED) is 0.413. The summed E-state index contributed by atoms with van der Waals surface area (Å²) in [6.45, 7) is 12.9. The molecular weight excluding hydrogens is 355 g/mol. The van der Waals surface area contributed by atoms with Crippen LogP contribution in [0.15, 0.2) is 36.0 Å². The fourth-order valence-electron chi connectivity index (χ4n) is 1.90. The van der Waals surface area contributed by atoms with Crippen molar-refractivity contribution in [3.8, 4) is 0 Å². The molecule has 5 nitrogen and oxygen atoms in total. The van der Waals surface area contributed by atoms with E-state index in [4.69, 9.17) is 4.43 Å². The van der Waals surface area contributed by atoms with Gasteiger partial charge in [0, 0.05) is 17.6 Å². The molecule has 0 aliphatic heterocycles. The van der Waals surface area contributed by atoms with Crippen molar-refractivity contribution in [2.45, 2.75) is 62.3 Å². The van der Waals surface area contributed by atoms with E-state index < -0.39 is 14.1 Å². The van der Waals surface area contributed by atoms with Crippen molar-refractivity contribution in [2.75, 3.05) is 0 Å². The molecule has 2 heterocycles. The van der Waals surface area contributed by atoms with Gasteiger partial charge in [0.1, 0.15) is 6.10 Å². The number of nitrogens with zero attached hydrogens (tertiary/aromatic N) is 4. The standard InChI is InChI=1S/C17H25FN4OSSi/c1-12(24-16-19-8-7-9-20-16)14(15-21-10-13(18)11-22-15)23-25(5,6)17(2,3)4/h7-12,14H,1-6H3/t12-,14+/m1/s1. The van der Waals surface area contributed by atoms with Crippen molar-refractivity contribution in [2.24, 2.45) is 0 Å². The van der Waals surface area contributed by atoms with Crippen LogP contribution in [0.2, 0.25) is 18.1 Å². The van der Waals surface area contributed by atoms with Crippen LogP contribution in [0.4, 0.5) is 4.39 Å². The summed E-state index contributed by atoms with van der Waals surface area (Å²) in [5.41, 5.74) is 0. The third kappa shape index (κ3) is 5.29. The van der Waals surface area contributed by atoms with Crippen molar-refractivity contribution < 1.29 is 8.82 Å². The highest BCUT2D eigenvalue weighted by molar-refractivity contribution is 7.99. The Morgan fingerprint density at radius 1 is 1.08 bits per heavy atom. The Labute approximate surface area is 154 Å². The van der Waals surface area contributed by atoms with E-state index in [-0.39, 0.29) is 16.4 Å². The van der Waals surface area contributed by atoms with E-state index in [1.54, 1.807) is 18.5 Å². The summed E-state index contributed by atoms with van der Waals surface area (Å²) in [6, 6.07) is 1.78. The third-order valence-corrected chi connectivity index (χ3v) is 9.88. The minimum atomic E-state index is -2.07. The zero-order valence-electron chi connectivity index (χ0n) is 15.5. The Kier molecular flexibility index (Phi) is 6.29. The molecular formula is C17H25FN4OSSi. The summed E-state index contributed by atoms with van der Waals surface area (Å²) < 4.78 is 19.8. The lowest BCUT2D eigenvalue weighted by molar-refractivity contribution is 0.175. The van der Waals surface area contributed by atoms with E-state index in [1.165, 1.54) is 24.2 Å². The smallest absolute Gasteiger partial charge is 0.193 e. The minimum Gasteiger partial charge on any atom is -0.406 e. The first-order valence-corrected chi connectivity index (χ1v) is 12.0. The van der Waals surface area contributed by atoms with Crippen molar-refractivity contribution in [1.82, 2.24) is 19.9 Å². The zero-order valence-corrected chi connectivity index (χ0v) is 17.3. The van der Waals surface area contributed by atoms with Gasteiger partial charge >= 0.3 is 0 Å². The molecule has 0 aliphatic rings. The van der Waals surface area contributed by atoms with Crippen LogP contribution in [-0.4, -0.2) is 33.5 Å². The van der Waals surface area contributed by atoms with Gasteiger partial charge in [0.15, 0.2) is 25.1 Å². The molecule has 0 N–H and O–H groups in total. The lowest BCUT2D eigenvalue weighted by atomic mass is 10.2. The molecule has 0 aromatic carbocycles. The van der Waals surface area contributed by atoms with Crippen molar-refractivity contribution in [3.63, 3.8) is 0 Å². The van der Waals surface area contributed by atoms with Crippen LogP contribution in [0.1, 0.15) is 39.6 Å². The van der Waals surface area contributed by atoms with Gasteiger partial charge in [-0.3, -0.25) is 0 Å². The number of aromatic nitrogens is 4. The summed E-state index contributed by atoms with van der Waals surface area (Å²) in [5, 5.41) is 0.682. The van der Waals surface area contributed by atoms with Gasteiger partial charge in [-0.15, -0.1) is 0 Å².